The van der Waals surface area contributed by atoms with E-state index in [1.54, 1.807) is 0 Å². The molecule has 0 atom stereocenters. The van der Waals surface area contributed by atoms with E-state index in [0.29, 0.717) is 0 Å². The molecule has 0 saturated carbocycles. The number of fused-ring (bicyclic) bond motifs is 1. The van der Waals surface area contributed by atoms with Crippen LogP contribution < -0.4 is 0 Å². The van der Waals surface area contributed by atoms with E-state index in [4.69, 9.17) is 0 Å². The van der Waals surface area contributed by atoms with Crippen molar-refractivity contribution >= 4 is 5.52 Å². The van der Waals surface area contributed by atoms with Gasteiger partial charge >= 0.3 is 0 Å². The van der Waals surface area contributed by atoms with Crippen molar-refractivity contribution in [3.8, 4) is 0 Å². The van der Waals surface area contributed by atoms with Crippen LogP contribution in [0.15, 0.2) is 30.6 Å². The van der Waals surface area contributed by atoms with Crippen LogP contribution in [0.4, 0.5) is 0 Å². The zero-order chi connectivity index (χ0) is 10.2. The van der Waals surface area contributed by atoms with Crippen LogP contribution in [-0.2, 0) is 5.41 Å². The first-order chi connectivity index (χ1) is 6.65. The van der Waals surface area contributed by atoms with E-state index in [2.05, 4.69) is 38.0 Å². The van der Waals surface area contributed by atoms with Crippen LogP contribution in [0.1, 0.15) is 32.8 Å². The topological polar surface area (TPSA) is 17.3 Å². The quantitative estimate of drug-likeness (QED) is 0.708. The van der Waals surface area contributed by atoms with Crippen molar-refractivity contribution in [3.05, 3.63) is 36.2 Å². The third-order valence-electron chi connectivity index (χ3n) is 3.04. The highest BCUT2D eigenvalue weighted by Crippen LogP contribution is 2.29. The van der Waals surface area contributed by atoms with Crippen LogP contribution >= 0.6 is 0 Å². The molecule has 2 aromatic heterocycles. The van der Waals surface area contributed by atoms with Gasteiger partial charge in [-0.1, -0.05) is 26.8 Å². The Hall–Kier alpha value is -1.31. The smallest absolute Gasteiger partial charge is 0.0698 e. The minimum absolute atomic E-state index is 0.211. The molecule has 2 heterocycles. The summed E-state index contributed by atoms with van der Waals surface area (Å²) in [5.41, 5.74) is 2.77. The third-order valence-corrected chi connectivity index (χ3v) is 3.04. The van der Waals surface area contributed by atoms with Gasteiger partial charge in [0.2, 0.25) is 0 Å². The van der Waals surface area contributed by atoms with Crippen LogP contribution in [0.5, 0.6) is 0 Å². The monoisotopic (exact) mass is 188 g/mol. The maximum atomic E-state index is 4.35. The Kier molecular flexibility index (Phi) is 2.06. The van der Waals surface area contributed by atoms with Crippen molar-refractivity contribution in [3.63, 3.8) is 0 Å². The summed E-state index contributed by atoms with van der Waals surface area (Å²) < 4.78 is 1.94. The first-order valence-electron chi connectivity index (χ1n) is 5.08. The Morgan fingerprint density at radius 3 is 2.86 bits per heavy atom. The summed E-state index contributed by atoms with van der Waals surface area (Å²) in [5, 5.41) is 4.35. The highest BCUT2D eigenvalue weighted by atomic mass is 15.2. The molecule has 0 N–H and O–H groups in total. The van der Waals surface area contributed by atoms with Gasteiger partial charge in [0.05, 0.1) is 11.7 Å². The summed E-state index contributed by atoms with van der Waals surface area (Å²) in [6.45, 7) is 6.74. The lowest BCUT2D eigenvalue weighted by Crippen LogP contribution is -2.14. The molecule has 0 aromatic carbocycles. The molecule has 0 saturated heterocycles. The summed E-state index contributed by atoms with van der Waals surface area (Å²) in [5.74, 6) is 0. The molecule has 0 fully saturated rings. The predicted molar refractivity (Wildman–Crippen MR) is 58.5 cm³/mol. The Balaban J connectivity index is 2.64. The SMILES string of the molecule is CCC(C)(C)c1cnn2ccccc12. The zero-order valence-corrected chi connectivity index (χ0v) is 8.99. The van der Waals surface area contributed by atoms with Crippen molar-refractivity contribution in [1.29, 1.82) is 0 Å². The molecule has 74 valence electrons. The second kappa shape index (κ2) is 3.12. The number of aromatic nitrogens is 2. The van der Waals surface area contributed by atoms with Gasteiger partial charge < -0.3 is 0 Å². The van der Waals surface area contributed by atoms with E-state index in [9.17, 15) is 0 Å². The molecule has 0 amide bonds. The van der Waals surface area contributed by atoms with Crippen molar-refractivity contribution in [2.45, 2.75) is 32.6 Å². The Morgan fingerprint density at radius 1 is 1.36 bits per heavy atom. The number of nitrogens with zero attached hydrogens (tertiary/aromatic N) is 2. The molecule has 0 bridgehead atoms. The second-order valence-corrected chi connectivity index (χ2v) is 4.33. The van der Waals surface area contributed by atoms with E-state index in [1.165, 1.54) is 11.1 Å². The Labute approximate surface area is 84.6 Å². The summed E-state index contributed by atoms with van der Waals surface area (Å²) in [6.07, 6.45) is 5.10. The number of pyridine rings is 1. The first-order valence-corrected chi connectivity index (χ1v) is 5.08. The van der Waals surface area contributed by atoms with Gasteiger partial charge in [0, 0.05) is 11.8 Å². The van der Waals surface area contributed by atoms with E-state index in [1.807, 2.05) is 23.0 Å². The fourth-order valence-electron chi connectivity index (χ4n) is 1.65. The zero-order valence-electron chi connectivity index (χ0n) is 8.99. The third kappa shape index (κ3) is 1.31. The minimum Gasteiger partial charge on any atom is -0.241 e. The number of hydrogen-bond donors (Lipinski definition) is 0. The van der Waals surface area contributed by atoms with Crippen LogP contribution in [0, 0.1) is 0 Å². The maximum Gasteiger partial charge on any atom is 0.0698 e. The van der Waals surface area contributed by atoms with E-state index >= 15 is 0 Å². The summed E-state index contributed by atoms with van der Waals surface area (Å²) in [6, 6.07) is 6.19. The molecule has 2 rings (SSSR count). The van der Waals surface area contributed by atoms with Gasteiger partial charge in [-0.3, -0.25) is 0 Å². The molecule has 0 aliphatic rings. The van der Waals surface area contributed by atoms with Gasteiger partial charge in [0.1, 0.15) is 0 Å². The Morgan fingerprint density at radius 2 is 2.14 bits per heavy atom. The molecule has 0 radical (unpaired) electrons. The lowest BCUT2D eigenvalue weighted by Gasteiger charge is -2.21. The van der Waals surface area contributed by atoms with Crippen molar-refractivity contribution in [2.24, 2.45) is 0 Å². The molecular formula is C12H16N2. The summed E-state index contributed by atoms with van der Waals surface area (Å²) in [4.78, 5) is 0. The van der Waals surface area contributed by atoms with Gasteiger partial charge in [-0.05, 0) is 24.0 Å². The van der Waals surface area contributed by atoms with Crippen LogP contribution in [0.2, 0.25) is 0 Å². The Bertz CT molecular complexity index is 440. The predicted octanol–water partition coefficient (Wildman–Crippen LogP) is 3.02. The fraction of sp³-hybridized carbons (Fsp3) is 0.417. The fourth-order valence-corrected chi connectivity index (χ4v) is 1.65. The van der Waals surface area contributed by atoms with Gasteiger partial charge in [-0.25, -0.2) is 4.52 Å². The van der Waals surface area contributed by atoms with Gasteiger partial charge in [-0.15, -0.1) is 0 Å². The molecule has 14 heavy (non-hydrogen) atoms. The summed E-state index contributed by atoms with van der Waals surface area (Å²) >= 11 is 0. The van der Waals surface area contributed by atoms with Gasteiger partial charge in [-0.2, -0.15) is 5.10 Å². The minimum atomic E-state index is 0.211. The van der Waals surface area contributed by atoms with Crippen molar-refractivity contribution in [1.82, 2.24) is 9.61 Å². The molecule has 2 heteroatoms. The lowest BCUT2D eigenvalue weighted by molar-refractivity contribution is 0.510. The van der Waals surface area contributed by atoms with Crippen LogP contribution in [-0.4, -0.2) is 9.61 Å². The van der Waals surface area contributed by atoms with E-state index in [-0.39, 0.29) is 5.41 Å². The van der Waals surface area contributed by atoms with E-state index in [0.717, 1.165) is 6.42 Å². The lowest BCUT2D eigenvalue weighted by atomic mass is 9.83. The van der Waals surface area contributed by atoms with E-state index < -0.39 is 0 Å². The largest absolute Gasteiger partial charge is 0.241 e. The van der Waals surface area contributed by atoms with Crippen LogP contribution in [0.3, 0.4) is 0 Å². The molecular weight excluding hydrogens is 172 g/mol. The molecule has 2 aromatic rings. The number of hydrogen-bond acceptors (Lipinski definition) is 1. The van der Waals surface area contributed by atoms with Crippen molar-refractivity contribution in [2.75, 3.05) is 0 Å². The first kappa shape index (κ1) is 9.25. The summed E-state index contributed by atoms with van der Waals surface area (Å²) in [7, 11) is 0. The van der Waals surface area contributed by atoms with Crippen LogP contribution in [0.25, 0.3) is 5.52 Å². The number of rotatable bonds is 2. The molecule has 0 spiro atoms. The highest BCUT2D eigenvalue weighted by Gasteiger charge is 2.21. The standard InChI is InChI=1S/C12H16N2/c1-4-12(2,3)10-9-13-14-8-6-5-7-11(10)14/h5-9H,4H2,1-3H3. The molecule has 0 unspecified atom stereocenters. The van der Waals surface area contributed by atoms with Crippen molar-refractivity contribution < 1.29 is 0 Å². The second-order valence-electron chi connectivity index (χ2n) is 4.33. The van der Waals surface area contributed by atoms with Gasteiger partial charge in [0.25, 0.3) is 0 Å². The molecule has 0 aliphatic carbocycles. The molecule has 0 aliphatic heterocycles. The average molecular weight is 188 g/mol. The average Bonchev–Trinajstić information content (AvgIpc) is 2.61. The normalized spacial score (nSPS) is 12.2. The highest BCUT2D eigenvalue weighted by molar-refractivity contribution is 5.56. The van der Waals surface area contributed by atoms with Gasteiger partial charge in [0.15, 0.2) is 0 Å². The maximum absolute atomic E-state index is 4.35. The molecule has 2 nitrogen and oxygen atoms in total.